The highest BCUT2D eigenvalue weighted by Crippen LogP contribution is 2.33. The Labute approximate surface area is 98.0 Å². The fourth-order valence-electron chi connectivity index (χ4n) is 2.02. The molecule has 90 valence electrons. The van der Waals surface area contributed by atoms with Gasteiger partial charge in [0.15, 0.2) is 0 Å². The van der Waals surface area contributed by atoms with Crippen molar-refractivity contribution in [2.45, 2.75) is 58.0 Å². The van der Waals surface area contributed by atoms with Gasteiger partial charge in [0.1, 0.15) is 0 Å². The molecule has 1 fully saturated rings. The average Bonchev–Trinajstić information content (AvgIpc) is 3.04. The maximum Gasteiger partial charge on any atom is 0.0625 e. The first-order chi connectivity index (χ1) is 7.70. The molecular formula is C13H23N3. The van der Waals surface area contributed by atoms with E-state index in [0.29, 0.717) is 12.1 Å². The summed E-state index contributed by atoms with van der Waals surface area (Å²) in [5, 5.41) is 4.59. The van der Waals surface area contributed by atoms with Crippen LogP contribution in [-0.2, 0) is 6.42 Å². The van der Waals surface area contributed by atoms with Crippen LogP contribution in [0.15, 0.2) is 12.3 Å². The largest absolute Gasteiger partial charge is 0.327 e. The van der Waals surface area contributed by atoms with E-state index in [1.165, 1.54) is 18.5 Å². The van der Waals surface area contributed by atoms with E-state index in [9.17, 15) is 0 Å². The van der Waals surface area contributed by atoms with Crippen LogP contribution in [0.2, 0.25) is 0 Å². The Morgan fingerprint density at radius 1 is 1.56 bits per heavy atom. The van der Waals surface area contributed by atoms with E-state index >= 15 is 0 Å². The summed E-state index contributed by atoms with van der Waals surface area (Å²) in [5.74, 6) is 0.802. The monoisotopic (exact) mass is 221 g/mol. The first-order valence-electron chi connectivity index (χ1n) is 6.50. The predicted octanol–water partition coefficient (Wildman–Crippen LogP) is 2.52. The van der Waals surface area contributed by atoms with Crippen molar-refractivity contribution in [1.29, 1.82) is 0 Å². The summed E-state index contributed by atoms with van der Waals surface area (Å²) >= 11 is 0. The summed E-state index contributed by atoms with van der Waals surface area (Å²) in [7, 11) is 0. The summed E-state index contributed by atoms with van der Waals surface area (Å²) in [6, 6.07) is 3.03. The summed E-state index contributed by atoms with van der Waals surface area (Å²) in [6.07, 6.45) is 8.00. The third-order valence-electron chi connectivity index (χ3n) is 3.67. The summed E-state index contributed by atoms with van der Waals surface area (Å²) in [4.78, 5) is 0. The van der Waals surface area contributed by atoms with Gasteiger partial charge in [0.25, 0.3) is 0 Å². The lowest BCUT2D eigenvalue weighted by Gasteiger charge is -2.09. The highest BCUT2D eigenvalue weighted by molar-refractivity contribution is 5.01. The van der Waals surface area contributed by atoms with Gasteiger partial charge in [-0.3, -0.25) is 4.68 Å². The van der Waals surface area contributed by atoms with Gasteiger partial charge in [-0.2, -0.15) is 5.10 Å². The Balaban J connectivity index is 1.82. The SMILES string of the molecule is CCC(C)n1ccc(CCC(N)C2CC2)n1. The molecule has 0 bridgehead atoms. The van der Waals surface area contributed by atoms with Crippen LogP contribution in [0.1, 0.15) is 51.3 Å². The Morgan fingerprint density at radius 3 is 2.94 bits per heavy atom. The van der Waals surface area contributed by atoms with Crippen LogP contribution in [0.4, 0.5) is 0 Å². The molecule has 1 aliphatic carbocycles. The molecule has 2 N–H and O–H groups in total. The number of hydrogen-bond donors (Lipinski definition) is 1. The molecule has 0 spiro atoms. The zero-order valence-corrected chi connectivity index (χ0v) is 10.4. The molecule has 0 radical (unpaired) electrons. The average molecular weight is 221 g/mol. The standard InChI is InChI=1S/C13H23N3/c1-3-10(2)16-9-8-12(15-16)6-7-13(14)11-4-5-11/h8-11,13H,3-7,14H2,1-2H3. The highest BCUT2D eigenvalue weighted by atomic mass is 15.3. The smallest absolute Gasteiger partial charge is 0.0625 e. The third kappa shape index (κ3) is 2.85. The molecule has 0 aromatic carbocycles. The quantitative estimate of drug-likeness (QED) is 0.802. The maximum absolute atomic E-state index is 6.09. The van der Waals surface area contributed by atoms with Crippen LogP contribution in [0.25, 0.3) is 0 Å². The normalized spacial score (nSPS) is 19.7. The first kappa shape index (κ1) is 11.6. The fraction of sp³-hybridized carbons (Fsp3) is 0.769. The number of aryl methyl sites for hydroxylation is 1. The zero-order valence-electron chi connectivity index (χ0n) is 10.4. The number of nitrogens with two attached hydrogens (primary N) is 1. The molecule has 1 saturated carbocycles. The second-order valence-corrected chi connectivity index (χ2v) is 5.08. The van der Waals surface area contributed by atoms with Crippen molar-refractivity contribution in [1.82, 2.24) is 9.78 Å². The minimum Gasteiger partial charge on any atom is -0.327 e. The van der Waals surface area contributed by atoms with Crippen molar-refractivity contribution < 1.29 is 0 Å². The molecule has 2 unspecified atom stereocenters. The molecule has 3 nitrogen and oxygen atoms in total. The van der Waals surface area contributed by atoms with Crippen molar-refractivity contribution in [3.8, 4) is 0 Å². The number of hydrogen-bond acceptors (Lipinski definition) is 2. The molecule has 2 atom stereocenters. The molecule has 0 amide bonds. The zero-order chi connectivity index (χ0) is 11.5. The second-order valence-electron chi connectivity index (χ2n) is 5.08. The van der Waals surface area contributed by atoms with Crippen LogP contribution >= 0.6 is 0 Å². The number of rotatable bonds is 6. The van der Waals surface area contributed by atoms with Gasteiger partial charge in [0.05, 0.1) is 5.69 Å². The van der Waals surface area contributed by atoms with Gasteiger partial charge in [0, 0.05) is 18.3 Å². The molecular weight excluding hydrogens is 198 g/mol. The molecule has 3 heteroatoms. The summed E-state index contributed by atoms with van der Waals surface area (Å²) in [6.45, 7) is 4.39. The van der Waals surface area contributed by atoms with E-state index in [2.05, 4.69) is 35.9 Å². The highest BCUT2D eigenvalue weighted by Gasteiger charge is 2.28. The Morgan fingerprint density at radius 2 is 2.31 bits per heavy atom. The van der Waals surface area contributed by atoms with Crippen molar-refractivity contribution in [3.63, 3.8) is 0 Å². The molecule has 1 aromatic rings. The van der Waals surface area contributed by atoms with Crippen molar-refractivity contribution in [2.24, 2.45) is 11.7 Å². The van der Waals surface area contributed by atoms with Crippen LogP contribution in [0.5, 0.6) is 0 Å². The van der Waals surface area contributed by atoms with E-state index in [1.807, 2.05) is 0 Å². The topological polar surface area (TPSA) is 43.8 Å². The van der Waals surface area contributed by atoms with Crippen LogP contribution in [-0.4, -0.2) is 15.8 Å². The minimum absolute atomic E-state index is 0.397. The molecule has 2 rings (SSSR count). The van der Waals surface area contributed by atoms with E-state index in [-0.39, 0.29) is 0 Å². The second kappa shape index (κ2) is 5.00. The van der Waals surface area contributed by atoms with Gasteiger partial charge in [-0.15, -0.1) is 0 Å². The third-order valence-corrected chi connectivity index (χ3v) is 3.67. The van der Waals surface area contributed by atoms with E-state index < -0.39 is 0 Å². The molecule has 1 aliphatic rings. The summed E-state index contributed by atoms with van der Waals surface area (Å²) in [5.41, 5.74) is 7.28. The van der Waals surface area contributed by atoms with Crippen LogP contribution < -0.4 is 5.73 Å². The maximum atomic E-state index is 6.09. The summed E-state index contributed by atoms with van der Waals surface area (Å²) < 4.78 is 2.07. The van der Waals surface area contributed by atoms with Crippen LogP contribution in [0, 0.1) is 5.92 Å². The van der Waals surface area contributed by atoms with Gasteiger partial charge in [0.2, 0.25) is 0 Å². The van der Waals surface area contributed by atoms with Gasteiger partial charge in [-0.05, 0) is 51.0 Å². The molecule has 16 heavy (non-hydrogen) atoms. The predicted molar refractivity (Wildman–Crippen MR) is 66.2 cm³/mol. The molecule has 0 aliphatic heterocycles. The van der Waals surface area contributed by atoms with Crippen molar-refractivity contribution in [3.05, 3.63) is 18.0 Å². The Bertz CT molecular complexity index is 328. The minimum atomic E-state index is 0.397. The van der Waals surface area contributed by atoms with E-state index in [4.69, 9.17) is 5.73 Å². The van der Waals surface area contributed by atoms with E-state index in [0.717, 1.165) is 25.2 Å². The molecule has 1 aromatic heterocycles. The first-order valence-corrected chi connectivity index (χ1v) is 6.50. The number of nitrogens with zero attached hydrogens (tertiary/aromatic N) is 2. The van der Waals surface area contributed by atoms with Gasteiger partial charge in [-0.25, -0.2) is 0 Å². The fourth-order valence-corrected chi connectivity index (χ4v) is 2.02. The molecule has 1 heterocycles. The van der Waals surface area contributed by atoms with Gasteiger partial charge >= 0.3 is 0 Å². The van der Waals surface area contributed by atoms with Crippen LogP contribution in [0.3, 0.4) is 0 Å². The number of aromatic nitrogens is 2. The lowest BCUT2D eigenvalue weighted by atomic mass is 10.1. The Kier molecular flexibility index (Phi) is 3.64. The van der Waals surface area contributed by atoms with Crippen molar-refractivity contribution >= 4 is 0 Å². The van der Waals surface area contributed by atoms with Gasteiger partial charge in [-0.1, -0.05) is 6.92 Å². The van der Waals surface area contributed by atoms with Gasteiger partial charge < -0.3 is 5.73 Å². The lowest BCUT2D eigenvalue weighted by Crippen LogP contribution is -2.23. The Hall–Kier alpha value is -0.830. The lowest BCUT2D eigenvalue weighted by molar-refractivity contribution is 0.470. The van der Waals surface area contributed by atoms with E-state index in [1.54, 1.807) is 0 Å². The molecule has 0 saturated heterocycles. The van der Waals surface area contributed by atoms with Crippen molar-refractivity contribution in [2.75, 3.05) is 0 Å².